The molecular formula is C12H12N4O3. The lowest BCUT2D eigenvalue weighted by Crippen LogP contribution is -2.16. The number of esters is 1. The predicted molar refractivity (Wildman–Crippen MR) is 66.7 cm³/mol. The number of rotatable bonds is 4. The first-order valence-corrected chi connectivity index (χ1v) is 5.65. The molecule has 0 radical (unpaired) electrons. The van der Waals surface area contributed by atoms with Gasteiger partial charge in [0.1, 0.15) is 0 Å². The maximum atomic E-state index is 11.8. The summed E-state index contributed by atoms with van der Waals surface area (Å²) in [7, 11) is 0. The average molecular weight is 260 g/mol. The summed E-state index contributed by atoms with van der Waals surface area (Å²) in [5, 5.41) is 12.1. The van der Waals surface area contributed by atoms with Crippen LogP contribution in [0.2, 0.25) is 0 Å². The van der Waals surface area contributed by atoms with Crippen LogP contribution in [0, 0.1) is 0 Å². The Bertz CT molecular complexity index is 580. The molecule has 0 saturated carbocycles. The maximum absolute atomic E-state index is 11.8. The molecule has 0 unspecified atom stereocenters. The second-order valence-electron chi connectivity index (χ2n) is 3.58. The number of H-pyrrole nitrogens is 1. The van der Waals surface area contributed by atoms with Gasteiger partial charge in [-0.25, -0.2) is 4.79 Å². The van der Waals surface area contributed by atoms with E-state index in [1.165, 1.54) is 6.20 Å². The van der Waals surface area contributed by atoms with E-state index in [4.69, 9.17) is 4.74 Å². The highest BCUT2D eigenvalue weighted by Gasteiger charge is 2.15. The number of carbonyl (C=O) groups excluding carboxylic acids is 2. The number of hydrogen-bond acceptors (Lipinski definition) is 5. The summed E-state index contributed by atoms with van der Waals surface area (Å²) in [6.07, 6.45) is 1.29. The van der Waals surface area contributed by atoms with Crippen molar-refractivity contribution in [3.8, 4) is 0 Å². The molecule has 0 aliphatic heterocycles. The van der Waals surface area contributed by atoms with E-state index in [9.17, 15) is 9.59 Å². The largest absolute Gasteiger partial charge is 0.462 e. The molecule has 0 bridgehead atoms. The molecule has 1 heterocycles. The third-order valence-corrected chi connectivity index (χ3v) is 2.32. The van der Waals surface area contributed by atoms with Crippen LogP contribution in [0.3, 0.4) is 0 Å². The van der Waals surface area contributed by atoms with Crippen molar-refractivity contribution in [2.45, 2.75) is 6.92 Å². The van der Waals surface area contributed by atoms with Crippen molar-refractivity contribution in [3.05, 3.63) is 41.7 Å². The SMILES string of the molecule is CCOC(=O)c1ccccc1NC(=O)c1cn[nH]n1. The zero-order valence-electron chi connectivity index (χ0n) is 10.2. The van der Waals surface area contributed by atoms with E-state index in [1.807, 2.05) is 0 Å². The average Bonchev–Trinajstić information content (AvgIpc) is 2.93. The highest BCUT2D eigenvalue weighted by molar-refractivity contribution is 6.06. The maximum Gasteiger partial charge on any atom is 0.340 e. The number of benzene rings is 1. The Kier molecular flexibility index (Phi) is 3.87. The first-order chi connectivity index (χ1) is 9.22. The summed E-state index contributed by atoms with van der Waals surface area (Å²) in [4.78, 5) is 23.5. The number of aromatic amines is 1. The van der Waals surface area contributed by atoms with Gasteiger partial charge in [-0.3, -0.25) is 4.79 Å². The van der Waals surface area contributed by atoms with Crippen molar-refractivity contribution in [3.63, 3.8) is 0 Å². The van der Waals surface area contributed by atoms with Crippen LogP contribution in [-0.2, 0) is 4.74 Å². The normalized spacial score (nSPS) is 9.95. The third-order valence-electron chi connectivity index (χ3n) is 2.32. The summed E-state index contributed by atoms with van der Waals surface area (Å²) in [5.41, 5.74) is 0.800. The van der Waals surface area contributed by atoms with Crippen LogP contribution in [0.4, 0.5) is 5.69 Å². The molecule has 1 aromatic carbocycles. The predicted octanol–water partition coefficient (Wildman–Crippen LogP) is 1.23. The second-order valence-corrected chi connectivity index (χ2v) is 3.58. The van der Waals surface area contributed by atoms with E-state index in [1.54, 1.807) is 31.2 Å². The lowest BCUT2D eigenvalue weighted by molar-refractivity contribution is 0.0527. The molecule has 1 aromatic heterocycles. The van der Waals surface area contributed by atoms with Crippen molar-refractivity contribution in [1.82, 2.24) is 15.4 Å². The van der Waals surface area contributed by atoms with Crippen LogP contribution in [0.25, 0.3) is 0 Å². The second kappa shape index (κ2) is 5.76. The lowest BCUT2D eigenvalue weighted by atomic mass is 10.1. The number of nitrogens with one attached hydrogen (secondary N) is 2. The number of anilines is 1. The van der Waals surface area contributed by atoms with E-state index in [0.717, 1.165) is 0 Å². The van der Waals surface area contributed by atoms with E-state index in [-0.39, 0.29) is 12.3 Å². The van der Waals surface area contributed by atoms with Gasteiger partial charge in [0.05, 0.1) is 24.1 Å². The smallest absolute Gasteiger partial charge is 0.340 e. The molecule has 0 spiro atoms. The molecule has 2 N–H and O–H groups in total. The molecule has 7 nitrogen and oxygen atoms in total. The highest BCUT2D eigenvalue weighted by Crippen LogP contribution is 2.16. The lowest BCUT2D eigenvalue weighted by Gasteiger charge is -2.08. The van der Waals surface area contributed by atoms with Crippen LogP contribution in [0.1, 0.15) is 27.8 Å². The summed E-state index contributed by atoms with van der Waals surface area (Å²) < 4.78 is 4.92. The number of hydrogen-bond donors (Lipinski definition) is 2. The van der Waals surface area contributed by atoms with Gasteiger partial charge in [-0.05, 0) is 19.1 Å². The van der Waals surface area contributed by atoms with Gasteiger partial charge < -0.3 is 10.1 Å². The van der Waals surface area contributed by atoms with Crippen molar-refractivity contribution in [2.24, 2.45) is 0 Å². The first kappa shape index (κ1) is 12.7. The van der Waals surface area contributed by atoms with Gasteiger partial charge in [0.25, 0.3) is 5.91 Å². The first-order valence-electron chi connectivity index (χ1n) is 5.65. The van der Waals surface area contributed by atoms with Crippen molar-refractivity contribution in [2.75, 3.05) is 11.9 Å². The summed E-state index contributed by atoms with van der Waals surface area (Å²) in [6.45, 7) is 1.99. The van der Waals surface area contributed by atoms with Crippen molar-refractivity contribution in [1.29, 1.82) is 0 Å². The molecule has 19 heavy (non-hydrogen) atoms. The Hall–Kier alpha value is -2.70. The fraction of sp³-hybridized carbons (Fsp3) is 0.167. The molecule has 0 aliphatic carbocycles. The minimum Gasteiger partial charge on any atom is -0.462 e. The van der Waals surface area contributed by atoms with Gasteiger partial charge in [0, 0.05) is 0 Å². The summed E-state index contributed by atoms with van der Waals surface area (Å²) in [6, 6.07) is 6.60. The molecular weight excluding hydrogens is 248 g/mol. The molecule has 0 fully saturated rings. The van der Waals surface area contributed by atoms with Crippen LogP contribution >= 0.6 is 0 Å². The van der Waals surface area contributed by atoms with Crippen molar-refractivity contribution >= 4 is 17.6 Å². The minimum absolute atomic E-state index is 0.138. The summed E-state index contributed by atoms with van der Waals surface area (Å²) in [5.74, 6) is -0.941. The van der Waals surface area contributed by atoms with E-state index in [2.05, 4.69) is 20.7 Å². The van der Waals surface area contributed by atoms with Crippen LogP contribution in [-0.4, -0.2) is 33.9 Å². The monoisotopic (exact) mass is 260 g/mol. The Morgan fingerprint density at radius 1 is 1.37 bits per heavy atom. The number of para-hydroxylation sites is 1. The number of carbonyl (C=O) groups is 2. The van der Waals surface area contributed by atoms with Gasteiger partial charge in [-0.2, -0.15) is 15.4 Å². The molecule has 2 rings (SSSR count). The fourth-order valence-corrected chi connectivity index (χ4v) is 1.48. The fourth-order valence-electron chi connectivity index (χ4n) is 1.48. The molecule has 1 amide bonds. The Morgan fingerprint density at radius 3 is 2.84 bits per heavy atom. The molecule has 7 heteroatoms. The van der Waals surface area contributed by atoms with E-state index >= 15 is 0 Å². The van der Waals surface area contributed by atoms with Crippen LogP contribution in [0.5, 0.6) is 0 Å². The molecule has 0 atom stereocenters. The summed E-state index contributed by atoms with van der Waals surface area (Å²) >= 11 is 0. The topological polar surface area (TPSA) is 97.0 Å². The zero-order chi connectivity index (χ0) is 13.7. The Balaban J connectivity index is 2.21. The van der Waals surface area contributed by atoms with Gasteiger partial charge in [-0.15, -0.1) is 0 Å². The number of nitrogens with zero attached hydrogens (tertiary/aromatic N) is 2. The van der Waals surface area contributed by atoms with E-state index < -0.39 is 11.9 Å². The Morgan fingerprint density at radius 2 is 2.16 bits per heavy atom. The number of aromatic nitrogens is 3. The minimum atomic E-state index is -0.487. The quantitative estimate of drug-likeness (QED) is 0.806. The number of ether oxygens (including phenoxy) is 1. The van der Waals surface area contributed by atoms with Crippen molar-refractivity contribution < 1.29 is 14.3 Å². The van der Waals surface area contributed by atoms with Crippen LogP contribution < -0.4 is 5.32 Å². The Labute approximate surface area is 109 Å². The van der Waals surface area contributed by atoms with Gasteiger partial charge >= 0.3 is 5.97 Å². The van der Waals surface area contributed by atoms with Gasteiger partial charge in [0.2, 0.25) is 0 Å². The molecule has 0 aliphatic rings. The zero-order valence-corrected chi connectivity index (χ0v) is 10.2. The highest BCUT2D eigenvalue weighted by atomic mass is 16.5. The molecule has 0 saturated heterocycles. The molecule has 98 valence electrons. The number of amides is 1. The van der Waals surface area contributed by atoms with Gasteiger partial charge in [0.15, 0.2) is 5.69 Å². The standard InChI is InChI=1S/C12H12N4O3/c1-2-19-12(18)8-5-3-4-6-9(8)14-11(17)10-7-13-16-15-10/h3-7H,2H2,1H3,(H,14,17)(H,13,15,16). The molecule has 2 aromatic rings. The third kappa shape index (κ3) is 2.95. The van der Waals surface area contributed by atoms with Gasteiger partial charge in [-0.1, -0.05) is 12.1 Å². The van der Waals surface area contributed by atoms with E-state index in [0.29, 0.717) is 11.3 Å². The van der Waals surface area contributed by atoms with Crippen LogP contribution in [0.15, 0.2) is 30.5 Å².